The molecule has 0 aromatic heterocycles. The van der Waals surface area contributed by atoms with Crippen LogP contribution >= 0.6 is 11.6 Å². The monoisotopic (exact) mass is 554 g/mol. The number of nitrogens with zero attached hydrogens (tertiary/aromatic N) is 1. The summed E-state index contributed by atoms with van der Waals surface area (Å²) in [4.78, 5) is 2.23. The van der Waals surface area contributed by atoms with Crippen molar-refractivity contribution < 1.29 is 13.2 Å². The molecule has 3 aromatic carbocycles. The molecule has 0 spiro atoms. The van der Waals surface area contributed by atoms with Gasteiger partial charge in [0.25, 0.3) is 10.0 Å². The number of likely N-dealkylation sites (N-methyl/N-ethyl adjacent to an activating group) is 1. The second kappa shape index (κ2) is 11.8. The zero-order chi connectivity index (χ0) is 27.3. The minimum Gasteiger partial charge on any atom is -0.497 e. The number of anilines is 3. The van der Waals surface area contributed by atoms with Gasteiger partial charge in [0.1, 0.15) is 5.75 Å². The second-order valence-corrected chi connectivity index (χ2v) is 11.1. The molecule has 11 heteroatoms. The highest BCUT2D eigenvalue weighted by Crippen LogP contribution is 2.32. The van der Waals surface area contributed by atoms with Crippen LogP contribution in [-0.4, -0.2) is 47.6 Å². The van der Waals surface area contributed by atoms with Crippen LogP contribution in [0.3, 0.4) is 0 Å². The van der Waals surface area contributed by atoms with Crippen molar-refractivity contribution in [2.75, 3.05) is 50.2 Å². The minimum absolute atomic E-state index is 0.0233. The third kappa shape index (κ3) is 6.62. The first-order valence-corrected chi connectivity index (χ1v) is 13.8. The van der Waals surface area contributed by atoms with Crippen LogP contribution in [0.5, 0.6) is 5.75 Å². The van der Waals surface area contributed by atoms with E-state index < -0.39 is 10.0 Å². The van der Waals surface area contributed by atoms with Gasteiger partial charge in [-0.2, -0.15) is 0 Å². The van der Waals surface area contributed by atoms with Gasteiger partial charge in [-0.3, -0.25) is 4.72 Å². The van der Waals surface area contributed by atoms with Crippen molar-refractivity contribution in [3.05, 3.63) is 89.0 Å². The summed E-state index contributed by atoms with van der Waals surface area (Å²) in [6.07, 6.45) is 0. The topological polar surface area (TPSA) is 107 Å². The van der Waals surface area contributed by atoms with Gasteiger partial charge >= 0.3 is 0 Å². The highest BCUT2D eigenvalue weighted by molar-refractivity contribution is 7.89. The average Bonchev–Trinajstić information content (AvgIpc) is 2.90. The van der Waals surface area contributed by atoms with Crippen molar-refractivity contribution in [1.29, 1.82) is 0 Å². The maximum Gasteiger partial charge on any atom is 0.263 e. The lowest BCUT2D eigenvalue weighted by Gasteiger charge is -2.27. The molecule has 0 radical (unpaired) electrons. The lowest BCUT2D eigenvalue weighted by Crippen LogP contribution is -2.34. The maximum atomic E-state index is 13.5. The number of halogens is 1. The number of hydrogen-bond acceptors (Lipinski definition) is 8. The van der Waals surface area contributed by atoms with E-state index in [0.29, 0.717) is 33.7 Å². The molecule has 0 amide bonds. The first-order chi connectivity index (χ1) is 18.2. The molecule has 0 bridgehead atoms. The fourth-order valence-corrected chi connectivity index (χ4v) is 5.04. The molecule has 38 heavy (non-hydrogen) atoms. The van der Waals surface area contributed by atoms with Crippen molar-refractivity contribution >= 4 is 38.7 Å². The maximum absolute atomic E-state index is 13.5. The molecule has 0 fully saturated rings. The van der Waals surface area contributed by atoms with Crippen molar-refractivity contribution in [2.24, 2.45) is 0 Å². The van der Waals surface area contributed by atoms with Crippen molar-refractivity contribution in [3.63, 3.8) is 0 Å². The molecule has 4 rings (SSSR count). The molecular formula is C27H31ClN6O3S. The molecule has 3 aromatic rings. The number of rotatable bonds is 11. The number of fused-ring (bicyclic) bond motifs is 1. The Labute approximate surface area is 229 Å². The standard InChI is InChI=1S/C27H31ClN6O3S/c1-18(29-14-15-34(2)3)19-8-7-9-21(16-19)38(35,36)33-27-26(30-23-10-5-6-11-24(23)31-27)32-25-17-20(37-4)12-13-22(25)28/h7-13,16-18,29-33H,14-15H2,1-4H3. The molecule has 1 unspecified atom stereocenters. The van der Waals surface area contributed by atoms with E-state index in [1.807, 2.05) is 27.1 Å². The van der Waals surface area contributed by atoms with Gasteiger partial charge in [0.15, 0.2) is 11.6 Å². The summed E-state index contributed by atoms with van der Waals surface area (Å²) in [5.41, 5.74) is 2.72. The van der Waals surface area contributed by atoms with Crippen molar-refractivity contribution in [1.82, 2.24) is 14.9 Å². The second-order valence-electron chi connectivity index (χ2n) is 9.03. The summed E-state index contributed by atoms with van der Waals surface area (Å²) in [6.45, 7) is 3.66. The molecule has 0 saturated carbocycles. The molecule has 9 nitrogen and oxygen atoms in total. The molecule has 0 aliphatic carbocycles. The van der Waals surface area contributed by atoms with E-state index in [-0.39, 0.29) is 16.8 Å². The van der Waals surface area contributed by atoms with Gasteiger partial charge in [0, 0.05) is 37.3 Å². The van der Waals surface area contributed by atoms with Crippen LogP contribution in [-0.2, 0) is 10.0 Å². The summed E-state index contributed by atoms with van der Waals surface area (Å²) in [6, 6.07) is 21.2. The van der Waals surface area contributed by atoms with Crippen LogP contribution in [0.4, 0.5) is 17.1 Å². The van der Waals surface area contributed by atoms with Gasteiger partial charge in [-0.25, -0.2) is 8.42 Å². The predicted octanol–water partition coefficient (Wildman–Crippen LogP) is 4.22. The van der Waals surface area contributed by atoms with Crippen LogP contribution in [0, 0.1) is 12.1 Å². The van der Waals surface area contributed by atoms with Crippen molar-refractivity contribution in [3.8, 4) is 5.75 Å². The first kappa shape index (κ1) is 27.4. The number of sulfonamides is 1. The number of ether oxygens (including phenoxy) is 1. The van der Waals surface area contributed by atoms with Crippen LogP contribution in [0.2, 0.25) is 5.02 Å². The SMILES string of the molecule is COc1ccc(Cl)c(NC2=C(NS(=O)(=O)c3cccc(C(C)NCCN(C)C)c3)Nc3cc#ccc3N2)c1. The zero-order valence-electron chi connectivity index (χ0n) is 21.6. The normalized spacial score (nSPS) is 13.6. The Balaban J connectivity index is 1.63. The molecule has 1 heterocycles. The Kier molecular flexibility index (Phi) is 8.54. The Morgan fingerprint density at radius 1 is 1.05 bits per heavy atom. The smallest absolute Gasteiger partial charge is 0.263 e. The van der Waals surface area contributed by atoms with E-state index in [4.69, 9.17) is 16.3 Å². The van der Waals surface area contributed by atoms with Gasteiger partial charge in [-0.15, -0.1) is 0 Å². The fourth-order valence-electron chi connectivity index (χ4n) is 3.78. The molecular weight excluding hydrogens is 524 g/mol. The van der Waals surface area contributed by atoms with Crippen LogP contribution in [0.15, 0.2) is 71.1 Å². The fraction of sp³-hybridized carbons (Fsp3) is 0.259. The summed E-state index contributed by atoms with van der Waals surface area (Å²) in [5, 5.41) is 13.4. The molecule has 1 atom stereocenters. The van der Waals surface area contributed by atoms with Gasteiger partial charge in [-0.05, 0) is 50.8 Å². The molecule has 200 valence electrons. The van der Waals surface area contributed by atoms with Crippen molar-refractivity contribution in [2.45, 2.75) is 17.9 Å². The molecule has 1 aliphatic rings. The van der Waals surface area contributed by atoms with Crippen LogP contribution < -0.4 is 30.7 Å². The Hall–Kier alpha value is -3.62. The van der Waals surface area contributed by atoms with E-state index in [0.717, 1.165) is 18.7 Å². The summed E-state index contributed by atoms with van der Waals surface area (Å²) >= 11 is 6.40. The zero-order valence-corrected chi connectivity index (χ0v) is 23.2. The van der Waals surface area contributed by atoms with Gasteiger partial charge < -0.3 is 30.9 Å². The summed E-state index contributed by atoms with van der Waals surface area (Å²) in [7, 11) is 1.61. The Morgan fingerprint density at radius 2 is 1.76 bits per heavy atom. The van der Waals surface area contributed by atoms with E-state index in [2.05, 4.69) is 43.0 Å². The lowest BCUT2D eigenvalue weighted by atomic mass is 10.1. The number of methoxy groups -OCH3 is 1. The molecule has 0 saturated heterocycles. The quantitative estimate of drug-likeness (QED) is 0.240. The average molecular weight is 555 g/mol. The lowest BCUT2D eigenvalue weighted by molar-refractivity contribution is 0.389. The van der Waals surface area contributed by atoms with E-state index in [1.165, 1.54) is 0 Å². The molecule has 5 N–H and O–H groups in total. The van der Waals surface area contributed by atoms with E-state index in [1.54, 1.807) is 55.6 Å². The number of hydrogen-bond donors (Lipinski definition) is 5. The largest absolute Gasteiger partial charge is 0.497 e. The number of nitrogens with one attached hydrogen (secondary N) is 5. The molecule has 1 aliphatic heterocycles. The summed E-state index contributed by atoms with van der Waals surface area (Å²) in [5.74, 6) is 1.14. The van der Waals surface area contributed by atoms with Gasteiger partial charge in [0.2, 0.25) is 0 Å². The van der Waals surface area contributed by atoms with Gasteiger partial charge in [0.05, 0.1) is 34.1 Å². The van der Waals surface area contributed by atoms with E-state index >= 15 is 0 Å². The third-order valence-corrected chi connectivity index (χ3v) is 7.60. The predicted molar refractivity (Wildman–Crippen MR) is 152 cm³/mol. The van der Waals surface area contributed by atoms with Crippen LogP contribution in [0.1, 0.15) is 18.5 Å². The Bertz CT molecular complexity index is 1430. The first-order valence-electron chi connectivity index (χ1n) is 12.0. The third-order valence-electron chi connectivity index (χ3n) is 5.92. The van der Waals surface area contributed by atoms with Gasteiger partial charge in [-0.1, -0.05) is 35.9 Å². The van der Waals surface area contributed by atoms with Crippen LogP contribution in [0.25, 0.3) is 0 Å². The Morgan fingerprint density at radius 3 is 2.45 bits per heavy atom. The summed E-state index contributed by atoms with van der Waals surface area (Å²) < 4.78 is 35.0. The highest BCUT2D eigenvalue weighted by atomic mass is 35.5. The minimum atomic E-state index is -3.96. The highest BCUT2D eigenvalue weighted by Gasteiger charge is 2.24. The number of benzene rings is 2. The van der Waals surface area contributed by atoms with E-state index in [9.17, 15) is 8.42 Å².